The lowest BCUT2D eigenvalue weighted by molar-refractivity contribution is -0.201. The summed E-state index contributed by atoms with van der Waals surface area (Å²) in [4.78, 5) is 26.6. The number of aryl methyl sites for hydroxylation is 1. The predicted octanol–water partition coefficient (Wildman–Crippen LogP) is 3.80. The van der Waals surface area contributed by atoms with Crippen LogP contribution in [0.15, 0.2) is 30.5 Å². The van der Waals surface area contributed by atoms with E-state index >= 15 is 0 Å². The lowest BCUT2D eigenvalue weighted by atomic mass is 10.2. The molecule has 0 saturated heterocycles. The second-order valence-corrected chi connectivity index (χ2v) is 6.32. The molecule has 164 valence electrons. The Morgan fingerprint density at radius 3 is 2.39 bits per heavy atom. The Morgan fingerprint density at radius 1 is 1.16 bits per heavy atom. The first-order chi connectivity index (χ1) is 14.5. The van der Waals surface area contributed by atoms with Crippen LogP contribution in [0.25, 0.3) is 5.65 Å². The highest BCUT2D eigenvalue weighted by Gasteiger charge is 2.41. The van der Waals surface area contributed by atoms with Gasteiger partial charge in [-0.2, -0.15) is 13.2 Å². The van der Waals surface area contributed by atoms with Gasteiger partial charge in [-0.3, -0.25) is 4.40 Å². The van der Waals surface area contributed by atoms with Crippen LogP contribution in [-0.2, 0) is 22.7 Å². The number of ether oxygens (including phenoxy) is 2. The summed E-state index contributed by atoms with van der Waals surface area (Å²) in [7, 11) is 0. The molecule has 2 aromatic heterocycles. The molecule has 1 aromatic carbocycles. The number of carbonyl (C=O) groups excluding carboxylic acids is 1. The van der Waals surface area contributed by atoms with Crippen molar-refractivity contribution in [1.82, 2.24) is 9.38 Å². The summed E-state index contributed by atoms with van der Waals surface area (Å²) >= 11 is 0. The number of pyridine rings is 1. The van der Waals surface area contributed by atoms with Crippen molar-refractivity contribution >= 4 is 17.6 Å². The summed E-state index contributed by atoms with van der Waals surface area (Å²) in [6.07, 6.45) is -4.11. The van der Waals surface area contributed by atoms with E-state index < -0.39 is 48.5 Å². The number of aromatic nitrogens is 2. The van der Waals surface area contributed by atoms with E-state index in [2.05, 4.69) is 9.72 Å². The quantitative estimate of drug-likeness (QED) is 0.460. The van der Waals surface area contributed by atoms with Crippen molar-refractivity contribution in [1.29, 1.82) is 0 Å². The van der Waals surface area contributed by atoms with E-state index in [0.717, 1.165) is 34.9 Å². The molecular formula is C19H13F5N2O5. The number of imidazole rings is 1. The molecule has 31 heavy (non-hydrogen) atoms. The molecule has 0 bridgehead atoms. The van der Waals surface area contributed by atoms with Crippen LogP contribution in [0.2, 0.25) is 0 Å². The maximum Gasteiger partial charge on any atom is 0.490 e. The van der Waals surface area contributed by atoms with Crippen LogP contribution < -0.4 is 4.74 Å². The number of carboxylic acid groups (broad SMARTS) is 1. The maximum absolute atomic E-state index is 13.9. The van der Waals surface area contributed by atoms with Gasteiger partial charge in [0, 0.05) is 11.8 Å². The molecule has 3 rings (SSSR count). The van der Waals surface area contributed by atoms with Crippen LogP contribution in [-0.4, -0.2) is 32.6 Å². The maximum atomic E-state index is 13.9. The van der Waals surface area contributed by atoms with Crippen LogP contribution in [0.1, 0.15) is 27.3 Å². The van der Waals surface area contributed by atoms with E-state index in [-0.39, 0.29) is 28.3 Å². The molecule has 7 nitrogen and oxygen atoms in total. The number of hydrogen-bond donors (Lipinski definition) is 1. The first-order valence-electron chi connectivity index (χ1n) is 8.53. The number of halogens is 5. The standard InChI is InChI=1S/C19H13F5N2O5/c1-9-15(17(27)28)26-6-10(7-31-18(29)19(22,23)24)5-14(16(26)25-9)30-8-11-12(20)3-2-4-13(11)21/h2-6H,7-8H2,1H3,(H,27,28). The molecule has 0 saturated carbocycles. The molecule has 0 radical (unpaired) electrons. The third kappa shape index (κ3) is 4.57. The third-order valence-corrected chi connectivity index (χ3v) is 4.15. The summed E-state index contributed by atoms with van der Waals surface area (Å²) in [5.74, 6) is -5.79. The minimum Gasteiger partial charge on any atom is -0.485 e. The first kappa shape index (κ1) is 22.0. The zero-order valence-corrected chi connectivity index (χ0v) is 15.7. The Labute approximate surface area is 170 Å². The van der Waals surface area contributed by atoms with E-state index in [0.29, 0.717) is 0 Å². The number of fused-ring (bicyclic) bond motifs is 1. The number of aromatic carboxylic acids is 1. The van der Waals surface area contributed by atoms with Crippen molar-refractivity contribution in [2.24, 2.45) is 0 Å². The molecule has 1 N–H and O–H groups in total. The number of benzene rings is 1. The number of esters is 1. The van der Waals surface area contributed by atoms with Gasteiger partial charge in [-0.05, 0) is 25.1 Å². The van der Waals surface area contributed by atoms with Gasteiger partial charge in [0.05, 0.1) is 11.3 Å². The molecular weight excluding hydrogens is 431 g/mol. The Bertz CT molecular complexity index is 1150. The Kier molecular flexibility index (Phi) is 5.82. The molecule has 0 unspecified atom stereocenters. The highest BCUT2D eigenvalue weighted by molar-refractivity contribution is 5.88. The van der Waals surface area contributed by atoms with E-state index in [1.54, 1.807) is 0 Å². The van der Waals surface area contributed by atoms with Crippen molar-refractivity contribution in [3.8, 4) is 5.75 Å². The van der Waals surface area contributed by atoms with Gasteiger partial charge in [-0.1, -0.05) is 6.07 Å². The van der Waals surface area contributed by atoms with Gasteiger partial charge >= 0.3 is 18.1 Å². The molecule has 0 aliphatic carbocycles. The average molecular weight is 444 g/mol. The van der Waals surface area contributed by atoms with E-state index in [9.17, 15) is 36.6 Å². The van der Waals surface area contributed by atoms with Gasteiger partial charge in [-0.15, -0.1) is 0 Å². The Morgan fingerprint density at radius 2 is 1.81 bits per heavy atom. The molecule has 2 heterocycles. The molecule has 0 spiro atoms. The lowest BCUT2D eigenvalue weighted by Crippen LogP contribution is -2.25. The number of alkyl halides is 3. The van der Waals surface area contributed by atoms with Crippen molar-refractivity contribution in [2.75, 3.05) is 0 Å². The van der Waals surface area contributed by atoms with Crippen LogP contribution >= 0.6 is 0 Å². The lowest BCUT2D eigenvalue weighted by Gasteiger charge is -2.12. The van der Waals surface area contributed by atoms with Crippen molar-refractivity contribution in [3.05, 3.63) is 64.6 Å². The normalized spacial score (nSPS) is 11.5. The summed E-state index contributed by atoms with van der Waals surface area (Å²) < 4.78 is 75.5. The fourth-order valence-corrected chi connectivity index (χ4v) is 2.78. The minimum absolute atomic E-state index is 0.0545. The number of nitrogens with zero attached hydrogens (tertiary/aromatic N) is 2. The summed E-state index contributed by atoms with van der Waals surface area (Å²) in [5, 5.41) is 9.40. The highest BCUT2D eigenvalue weighted by atomic mass is 19.4. The number of hydrogen-bond acceptors (Lipinski definition) is 5. The zero-order chi connectivity index (χ0) is 22.9. The largest absolute Gasteiger partial charge is 0.490 e. The van der Waals surface area contributed by atoms with E-state index in [1.807, 2.05) is 0 Å². The smallest absolute Gasteiger partial charge is 0.485 e. The van der Waals surface area contributed by atoms with Gasteiger partial charge in [0.1, 0.15) is 24.8 Å². The topological polar surface area (TPSA) is 90.1 Å². The van der Waals surface area contributed by atoms with Gasteiger partial charge in [0.15, 0.2) is 17.1 Å². The molecule has 0 atom stereocenters. The minimum atomic E-state index is -5.22. The molecule has 0 aliphatic heterocycles. The number of rotatable bonds is 6. The second-order valence-electron chi connectivity index (χ2n) is 6.32. The van der Waals surface area contributed by atoms with Gasteiger partial charge in [-0.25, -0.2) is 23.4 Å². The number of carboxylic acids is 1. The molecule has 0 fully saturated rings. The predicted molar refractivity (Wildman–Crippen MR) is 93.4 cm³/mol. The van der Waals surface area contributed by atoms with E-state index in [1.165, 1.54) is 6.92 Å². The Hall–Kier alpha value is -3.70. The average Bonchev–Trinajstić information content (AvgIpc) is 3.00. The SMILES string of the molecule is Cc1nc2c(OCc3c(F)cccc3F)cc(COC(=O)C(F)(F)F)cn2c1C(=O)O. The Balaban J connectivity index is 2.01. The van der Waals surface area contributed by atoms with Gasteiger partial charge in [0.25, 0.3) is 0 Å². The summed E-state index contributed by atoms with van der Waals surface area (Å²) in [5.41, 5.74) is -0.817. The van der Waals surface area contributed by atoms with Crippen LogP contribution in [0.3, 0.4) is 0 Å². The summed E-state index contributed by atoms with van der Waals surface area (Å²) in [6, 6.07) is 4.30. The molecule has 0 amide bonds. The third-order valence-electron chi connectivity index (χ3n) is 4.15. The van der Waals surface area contributed by atoms with Crippen molar-refractivity contribution in [2.45, 2.75) is 26.3 Å². The zero-order valence-electron chi connectivity index (χ0n) is 15.7. The van der Waals surface area contributed by atoms with E-state index in [4.69, 9.17) is 4.74 Å². The summed E-state index contributed by atoms with van der Waals surface area (Å²) in [6.45, 7) is -0.108. The molecule has 3 aromatic rings. The fourth-order valence-electron chi connectivity index (χ4n) is 2.78. The van der Waals surface area contributed by atoms with Crippen LogP contribution in [0.5, 0.6) is 5.75 Å². The number of carbonyl (C=O) groups is 2. The van der Waals surface area contributed by atoms with Crippen molar-refractivity contribution in [3.63, 3.8) is 0 Å². The highest BCUT2D eigenvalue weighted by Crippen LogP contribution is 2.27. The monoisotopic (exact) mass is 444 g/mol. The second kappa shape index (κ2) is 8.20. The van der Waals surface area contributed by atoms with Gasteiger partial charge < -0.3 is 14.6 Å². The van der Waals surface area contributed by atoms with Crippen molar-refractivity contribution < 1.29 is 46.1 Å². The van der Waals surface area contributed by atoms with Crippen LogP contribution in [0.4, 0.5) is 22.0 Å². The van der Waals surface area contributed by atoms with Crippen LogP contribution in [0, 0.1) is 18.6 Å². The molecule has 12 heteroatoms. The van der Waals surface area contributed by atoms with Gasteiger partial charge in [0.2, 0.25) is 0 Å². The molecule has 0 aliphatic rings. The first-order valence-corrected chi connectivity index (χ1v) is 8.53. The fraction of sp³-hybridized carbons (Fsp3) is 0.211.